The van der Waals surface area contributed by atoms with Crippen LogP contribution in [0, 0.1) is 0 Å². The zero-order chi connectivity index (χ0) is 13.2. The molecule has 96 valence electrons. The summed E-state index contributed by atoms with van der Waals surface area (Å²) in [5, 5.41) is 1.35. The van der Waals surface area contributed by atoms with Crippen molar-refractivity contribution in [2.45, 2.75) is 14.2 Å². The highest BCUT2D eigenvalue weighted by atomic mass is 127. The Morgan fingerprint density at radius 3 is 2.63 bits per heavy atom. The monoisotopic (exact) mass is 379 g/mol. The lowest BCUT2D eigenvalue weighted by atomic mass is 10.2. The molecule has 0 aliphatic heterocycles. The first-order chi connectivity index (χ1) is 9.28. The summed E-state index contributed by atoms with van der Waals surface area (Å²) in [4.78, 5) is 2.62. The first-order valence-electron chi connectivity index (χ1n) is 6.15. The standard InChI is InChI=1S/C16H14INS/c1-18-11-16(19-13-5-3-2-4-6-13)14-9-12(10-17)7-8-15(14)18/h2-9,11H,10H2,1H3. The molecule has 1 heterocycles. The highest BCUT2D eigenvalue weighted by molar-refractivity contribution is 14.1. The Bertz CT molecular complexity index is 703. The van der Waals surface area contributed by atoms with Gasteiger partial charge in [-0.05, 0) is 29.8 Å². The van der Waals surface area contributed by atoms with Crippen LogP contribution in [0.2, 0.25) is 0 Å². The van der Waals surface area contributed by atoms with Gasteiger partial charge in [-0.2, -0.15) is 0 Å². The van der Waals surface area contributed by atoms with E-state index in [1.165, 1.54) is 26.3 Å². The molecule has 0 saturated heterocycles. The van der Waals surface area contributed by atoms with Crippen molar-refractivity contribution in [3.05, 3.63) is 60.3 Å². The molecule has 19 heavy (non-hydrogen) atoms. The molecule has 0 saturated carbocycles. The van der Waals surface area contributed by atoms with Crippen molar-refractivity contribution in [1.82, 2.24) is 4.57 Å². The molecule has 0 unspecified atom stereocenters. The van der Waals surface area contributed by atoms with Gasteiger partial charge < -0.3 is 4.57 Å². The van der Waals surface area contributed by atoms with Gasteiger partial charge in [0.25, 0.3) is 0 Å². The van der Waals surface area contributed by atoms with Crippen molar-refractivity contribution in [3.8, 4) is 0 Å². The number of aromatic nitrogens is 1. The smallest absolute Gasteiger partial charge is 0.0489 e. The van der Waals surface area contributed by atoms with Crippen LogP contribution in [0.15, 0.2) is 64.5 Å². The van der Waals surface area contributed by atoms with Crippen LogP contribution in [-0.4, -0.2) is 4.57 Å². The lowest BCUT2D eigenvalue weighted by Crippen LogP contribution is -1.83. The maximum absolute atomic E-state index is 2.41. The molecule has 0 aliphatic carbocycles. The van der Waals surface area contributed by atoms with Crippen LogP contribution in [-0.2, 0) is 11.5 Å². The maximum atomic E-state index is 2.41. The molecule has 3 rings (SSSR count). The molecule has 0 amide bonds. The Labute approximate surface area is 131 Å². The number of benzene rings is 2. The zero-order valence-corrected chi connectivity index (χ0v) is 13.6. The number of hydrogen-bond acceptors (Lipinski definition) is 1. The minimum Gasteiger partial charge on any atom is -0.349 e. The van der Waals surface area contributed by atoms with E-state index in [1.54, 1.807) is 0 Å². The molecule has 2 aromatic carbocycles. The lowest BCUT2D eigenvalue weighted by molar-refractivity contribution is 0.957. The van der Waals surface area contributed by atoms with Gasteiger partial charge in [0.05, 0.1) is 0 Å². The molecule has 0 N–H and O–H groups in total. The second-order valence-corrected chi connectivity index (χ2v) is 6.38. The van der Waals surface area contributed by atoms with Crippen LogP contribution in [0.4, 0.5) is 0 Å². The summed E-state index contributed by atoms with van der Waals surface area (Å²) in [7, 11) is 2.11. The minimum absolute atomic E-state index is 1.05. The largest absolute Gasteiger partial charge is 0.349 e. The van der Waals surface area contributed by atoms with Gasteiger partial charge in [0.1, 0.15) is 0 Å². The fourth-order valence-corrected chi connectivity index (χ4v) is 3.69. The molecule has 0 bridgehead atoms. The van der Waals surface area contributed by atoms with E-state index in [2.05, 4.69) is 88.9 Å². The predicted octanol–water partition coefficient (Wildman–Crippen LogP) is 5.26. The van der Waals surface area contributed by atoms with Crippen molar-refractivity contribution in [2.24, 2.45) is 7.05 Å². The SMILES string of the molecule is Cn1cc(Sc2ccccc2)c2cc(CI)ccc21. The molecule has 1 aromatic heterocycles. The molecule has 3 heteroatoms. The van der Waals surface area contributed by atoms with Gasteiger partial charge in [-0.15, -0.1) is 0 Å². The normalized spacial score (nSPS) is 11.1. The molecule has 1 nitrogen and oxygen atoms in total. The first kappa shape index (κ1) is 13.1. The van der Waals surface area contributed by atoms with Crippen LogP contribution in [0.5, 0.6) is 0 Å². The third-order valence-electron chi connectivity index (χ3n) is 3.14. The van der Waals surface area contributed by atoms with E-state index in [0.29, 0.717) is 0 Å². The summed E-state index contributed by atoms with van der Waals surface area (Å²) in [5.74, 6) is 0. The number of hydrogen-bond donors (Lipinski definition) is 0. The second-order valence-electron chi connectivity index (χ2n) is 4.50. The number of halogens is 1. The van der Waals surface area contributed by atoms with E-state index in [1.807, 2.05) is 11.8 Å². The van der Waals surface area contributed by atoms with E-state index >= 15 is 0 Å². The van der Waals surface area contributed by atoms with Gasteiger partial charge in [0.2, 0.25) is 0 Å². The average Bonchev–Trinajstić information content (AvgIpc) is 2.76. The van der Waals surface area contributed by atoms with E-state index in [4.69, 9.17) is 0 Å². The van der Waals surface area contributed by atoms with E-state index < -0.39 is 0 Å². The second kappa shape index (κ2) is 5.59. The number of aryl methyl sites for hydroxylation is 1. The van der Waals surface area contributed by atoms with E-state index in [-0.39, 0.29) is 0 Å². The predicted molar refractivity (Wildman–Crippen MR) is 91.2 cm³/mol. The van der Waals surface area contributed by atoms with E-state index in [0.717, 1.165) is 4.43 Å². The van der Waals surface area contributed by atoms with Gasteiger partial charge in [0.15, 0.2) is 0 Å². The maximum Gasteiger partial charge on any atom is 0.0489 e. The topological polar surface area (TPSA) is 4.93 Å². The summed E-state index contributed by atoms with van der Waals surface area (Å²) < 4.78 is 3.26. The highest BCUT2D eigenvalue weighted by Gasteiger charge is 2.08. The summed E-state index contributed by atoms with van der Waals surface area (Å²) in [5.41, 5.74) is 2.68. The Hall–Kier alpha value is -0.940. The van der Waals surface area contributed by atoms with E-state index in [9.17, 15) is 0 Å². The van der Waals surface area contributed by atoms with Crippen molar-refractivity contribution in [3.63, 3.8) is 0 Å². The molecule has 0 spiro atoms. The summed E-state index contributed by atoms with van der Waals surface area (Å²) in [6.07, 6.45) is 2.22. The summed E-state index contributed by atoms with van der Waals surface area (Å²) in [6.45, 7) is 0. The average molecular weight is 379 g/mol. The fraction of sp³-hybridized carbons (Fsp3) is 0.125. The number of nitrogens with zero attached hydrogens (tertiary/aromatic N) is 1. The fourth-order valence-electron chi connectivity index (χ4n) is 2.18. The van der Waals surface area contributed by atoms with Crippen LogP contribution in [0.25, 0.3) is 10.9 Å². The van der Waals surface area contributed by atoms with Crippen LogP contribution in [0.3, 0.4) is 0 Å². The van der Waals surface area contributed by atoms with Crippen LogP contribution >= 0.6 is 34.4 Å². The van der Waals surface area contributed by atoms with Gasteiger partial charge >= 0.3 is 0 Å². The number of fused-ring (bicyclic) bond motifs is 1. The van der Waals surface area contributed by atoms with Crippen molar-refractivity contribution >= 4 is 45.3 Å². The molecule has 0 radical (unpaired) electrons. The van der Waals surface area contributed by atoms with Crippen LogP contribution < -0.4 is 0 Å². The quantitative estimate of drug-likeness (QED) is 0.444. The van der Waals surface area contributed by atoms with Gasteiger partial charge in [-0.25, -0.2) is 0 Å². The Morgan fingerprint density at radius 2 is 1.89 bits per heavy atom. The summed E-state index contributed by atoms with van der Waals surface area (Å²) >= 11 is 4.25. The highest BCUT2D eigenvalue weighted by Crippen LogP contribution is 2.35. The Kier molecular flexibility index (Phi) is 3.84. The zero-order valence-electron chi connectivity index (χ0n) is 10.6. The lowest BCUT2D eigenvalue weighted by Gasteiger charge is -2.01. The van der Waals surface area contributed by atoms with Crippen molar-refractivity contribution in [1.29, 1.82) is 0 Å². The van der Waals surface area contributed by atoms with Crippen molar-refractivity contribution in [2.75, 3.05) is 0 Å². The molecule has 3 aromatic rings. The number of rotatable bonds is 3. The molecular weight excluding hydrogens is 365 g/mol. The summed E-state index contributed by atoms with van der Waals surface area (Å²) in [6, 6.07) is 17.3. The Balaban J connectivity index is 2.08. The third kappa shape index (κ3) is 2.67. The molecule has 0 fully saturated rings. The van der Waals surface area contributed by atoms with Gasteiger partial charge in [-0.1, -0.05) is 58.6 Å². The minimum atomic E-state index is 1.05. The Morgan fingerprint density at radius 1 is 1.11 bits per heavy atom. The van der Waals surface area contributed by atoms with Crippen molar-refractivity contribution < 1.29 is 0 Å². The molecular formula is C16H14INS. The number of alkyl halides is 1. The molecule has 0 atom stereocenters. The van der Waals surface area contributed by atoms with Crippen LogP contribution in [0.1, 0.15) is 5.56 Å². The third-order valence-corrected chi connectivity index (χ3v) is 5.08. The van der Waals surface area contributed by atoms with Gasteiger partial charge in [0, 0.05) is 38.4 Å². The molecule has 0 aliphatic rings. The van der Waals surface area contributed by atoms with Gasteiger partial charge in [-0.3, -0.25) is 0 Å². The first-order valence-corrected chi connectivity index (χ1v) is 8.49.